The lowest BCUT2D eigenvalue weighted by Gasteiger charge is -2.17. The van der Waals surface area contributed by atoms with Gasteiger partial charge in [0.15, 0.2) is 0 Å². The number of phenolic OH excluding ortho intramolecular Hbond substituents is 1. The van der Waals surface area contributed by atoms with E-state index in [1.165, 1.54) is 18.2 Å². The zero-order valence-corrected chi connectivity index (χ0v) is 17.1. The number of aromatic hydroxyl groups is 1. The number of rotatable bonds is 6. The molecule has 3 aromatic rings. The van der Waals surface area contributed by atoms with E-state index in [4.69, 9.17) is 27.5 Å². The number of allylic oxidation sites excluding steroid dienone is 1. The lowest BCUT2D eigenvalue weighted by Crippen LogP contribution is -2.25. The van der Waals surface area contributed by atoms with Gasteiger partial charge in [-0.2, -0.15) is 13.2 Å². The molecule has 0 unspecified atom stereocenters. The molecular weight excluding hydrogens is 448 g/mol. The van der Waals surface area contributed by atoms with Gasteiger partial charge in [-0.3, -0.25) is 5.41 Å². The predicted octanol–water partition coefficient (Wildman–Crippen LogP) is 6.17. The Morgan fingerprint density at radius 2 is 1.62 bits per heavy atom. The minimum absolute atomic E-state index is 0.127. The van der Waals surface area contributed by atoms with Gasteiger partial charge in [-0.25, -0.2) is 4.39 Å². The van der Waals surface area contributed by atoms with Gasteiger partial charge in [-0.15, -0.1) is 0 Å². The lowest BCUT2D eigenvalue weighted by molar-refractivity contribution is -0.0578. The summed E-state index contributed by atoms with van der Waals surface area (Å²) in [6, 6.07) is 14.8. The fraction of sp³-hybridized carbons (Fsp3) is 0.0870. The molecule has 0 spiro atoms. The first-order chi connectivity index (χ1) is 15.1. The quantitative estimate of drug-likeness (QED) is 0.232. The Balaban J connectivity index is 2.02. The van der Waals surface area contributed by atoms with E-state index in [9.17, 15) is 22.7 Å². The van der Waals surface area contributed by atoms with E-state index >= 15 is 0 Å². The number of benzene rings is 3. The first-order valence-electron chi connectivity index (χ1n) is 9.18. The average molecular weight is 465 g/mol. The third-order valence-electron chi connectivity index (χ3n) is 4.51. The van der Waals surface area contributed by atoms with Crippen molar-refractivity contribution in [1.29, 1.82) is 5.41 Å². The Kier molecular flexibility index (Phi) is 6.74. The molecule has 0 heterocycles. The lowest BCUT2D eigenvalue weighted by atomic mass is 9.95. The molecular formula is C23H17ClF4N2O2. The first-order valence-corrected chi connectivity index (χ1v) is 9.56. The second-order valence-electron chi connectivity index (χ2n) is 6.76. The van der Waals surface area contributed by atoms with Crippen LogP contribution in [0.4, 0.5) is 17.6 Å². The maximum Gasteiger partial charge on any atom is 0.433 e. The molecule has 0 aliphatic rings. The number of halogens is 5. The SMILES string of the molecule is N=C(/C(=C(\N)c1cc(OCc2ccc(Cl)cc2)ccc1O)c1ccc(F)cc1)C(F)(F)F. The average Bonchev–Trinajstić information content (AvgIpc) is 2.75. The number of ether oxygens (including phenoxy) is 1. The van der Waals surface area contributed by atoms with Gasteiger partial charge in [-0.1, -0.05) is 35.9 Å². The van der Waals surface area contributed by atoms with E-state index in [1.807, 2.05) is 0 Å². The topological polar surface area (TPSA) is 79.3 Å². The monoisotopic (exact) mass is 464 g/mol. The van der Waals surface area contributed by atoms with Crippen LogP contribution in [0.25, 0.3) is 11.3 Å². The van der Waals surface area contributed by atoms with E-state index < -0.39 is 34.7 Å². The molecule has 0 saturated carbocycles. The predicted molar refractivity (Wildman–Crippen MR) is 115 cm³/mol. The summed E-state index contributed by atoms with van der Waals surface area (Å²) in [5.41, 5.74) is 3.59. The number of nitrogens with two attached hydrogens (primary N) is 1. The van der Waals surface area contributed by atoms with Crippen molar-refractivity contribution in [3.63, 3.8) is 0 Å². The van der Waals surface area contributed by atoms with Crippen LogP contribution in [-0.2, 0) is 6.61 Å². The summed E-state index contributed by atoms with van der Waals surface area (Å²) < 4.78 is 59.1. The highest BCUT2D eigenvalue weighted by atomic mass is 35.5. The molecule has 0 aromatic heterocycles. The molecule has 3 rings (SSSR count). The number of hydrogen-bond donors (Lipinski definition) is 3. The molecule has 0 atom stereocenters. The van der Waals surface area contributed by atoms with Crippen molar-refractivity contribution < 1.29 is 27.4 Å². The van der Waals surface area contributed by atoms with E-state index in [1.54, 1.807) is 24.3 Å². The first kappa shape index (κ1) is 23.1. The summed E-state index contributed by atoms with van der Waals surface area (Å²) in [7, 11) is 0. The standard InChI is InChI=1S/C23H17ClF4N2O2/c24-15-5-1-13(2-6-15)12-32-17-9-10-19(31)18(11-17)21(29)20(22(30)23(26,27)28)14-3-7-16(25)8-4-14/h1-11,30-31H,12,29H2/b21-20-,30-22?. The summed E-state index contributed by atoms with van der Waals surface area (Å²) in [5.74, 6) is -0.839. The highest BCUT2D eigenvalue weighted by Gasteiger charge is 2.38. The maximum absolute atomic E-state index is 13.4. The third kappa shape index (κ3) is 5.39. The number of hydrogen-bond acceptors (Lipinski definition) is 4. The van der Waals surface area contributed by atoms with Gasteiger partial charge < -0.3 is 15.6 Å². The van der Waals surface area contributed by atoms with Crippen LogP contribution in [0.3, 0.4) is 0 Å². The minimum atomic E-state index is -5.02. The fourth-order valence-corrected chi connectivity index (χ4v) is 3.02. The van der Waals surface area contributed by atoms with Crippen molar-refractivity contribution >= 4 is 28.6 Å². The fourth-order valence-electron chi connectivity index (χ4n) is 2.90. The van der Waals surface area contributed by atoms with Crippen LogP contribution in [-0.4, -0.2) is 17.0 Å². The highest BCUT2D eigenvalue weighted by Crippen LogP contribution is 2.35. The molecule has 9 heteroatoms. The van der Waals surface area contributed by atoms with Crippen LogP contribution in [0, 0.1) is 11.2 Å². The Morgan fingerprint density at radius 3 is 2.22 bits per heavy atom. The summed E-state index contributed by atoms with van der Waals surface area (Å²) in [5, 5.41) is 18.4. The van der Waals surface area contributed by atoms with Crippen molar-refractivity contribution in [3.8, 4) is 11.5 Å². The molecule has 32 heavy (non-hydrogen) atoms. The number of phenols is 1. The summed E-state index contributed by atoms with van der Waals surface area (Å²) in [4.78, 5) is 0. The number of nitrogens with one attached hydrogen (secondary N) is 1. The molecule has 3 aromatic carbocycles. The highest BCUT2D eigenvalue weighted by molar-refractivity contribution is 6.31. The molecule has 4 nitrogen and oxygen atoms in total. The van der Waals surface area contributed by atoms with Crippen LogP contribution in [0.15, 0.2) is 66.7 Å². The Morgan fingerprint density at radius 1 is 1.00 bits per heavy atom. The number of alkyl halides is 3. The van der Waals surface area contributed by atoms with Gasteiger partial charge in [0.1, 0.15) is 29.6 Å². The van der Waals surface area contributed by atoms with Crippen LogP contribution < -0.4 is 10.5 Å². The molecule has 4 N–H and O–H groups in total. The van der Waals surface area contributed by atoms with Crippen LogP contribution in [0.1, 0.15) is 16.7 Å². The van der Waals surface area contributed by atoms with Gasteiger partial charge in [0, 0.05) is 16.2 Å². The van der Waals surface area contributed by atoms with Gasteiger partial charge >= 0.3 is 6.18 Å². The molecule has 0 aliphatic carbocycles. The molecule has 0 saturated heterocycles. The Hall–Kier alpha value is -3.52. The van der Waals surface area contributed by atoms with E-state index in [2.05, 4.69) is 0 Å². The van der Waals surface area contributed by atoms with Gasteiger partial charge in [-0.05, 0) is 53.6 Å². The normalized spacial score (nSPS) is 12.3. The van der Waals surface area contributed by atoms with Crippen molar-refractivity contribution in [2.75, 3.05) is 0 Å². The van der Waals surface area contributed by atoms with Crippen LogP contribution in [0.5, 0.6) is 11.5 Å². The second-order valence-corrected chi connectivity index (χ2v) is 7.20. The molecule has 0 aliphatic heterocycles. The zero-order chi connectivity index (χ0) is 23.5. The smallest absolute Gasteiger partial charge is 0.433 e. The zero-order valence-electron chi connectivity index (χ0n) is 16.4. The molecule has 0 amide bonds. The van der Waals surface area contributed by atoms with Crippen molar-refractivity contribution in [1.82, 2.24) is 0 Å². The van der Waals surface area contributed by atoms with Gasteiger partial charge in [0.2, 0.25) is 0 Å². The molecule has 0 bridgehead atoms. The van der Waals surface area contributed by atoms with E-state index in [0.717, 1.165) is 29.8 Å². The van der Waals surface area contributed by atoms with E-state index in [-0.39, 0.29) is 23.5 Å². The maximum atomic E-state index is 13.4. The molecule has 166 valence electrons. The summed E-state index contributed by atoms with van der Waals surface area (Å²) >= 11 is 5.84. The van der Waals surface area contributed by atoms with Crippen molar-refractivity contribution in [3.05, 3.63) is 94.3 Å². The molecule has 0 fully saturated rings. The largest absolute Gasteiger partial charge is 0.507 e. The van der Waals surface area contributed by atoms with Crippen LogP contribution in [0.2, 0.25) is 5.02 Å². The van der Waals surface area contributed by atoms with Gasteiger partial charge in [0.25, 0.3) is 0 Å². The summed E-state index contributed by atoms with van der Waals surface area (Å²) in [6.45, 7) is 0.133. The van der Waals surface area contributed by atoms with Gasteiger partial charge in [0.05, 0.1) is 5.70 Å². The summed E-state index contributed by atoms with van der Waals surface area (Å²) in [6.07, 6.45) is -5.02. The van der Waals surface area contributed by atoms with Crippen LogP contribution >= 0.6 is 11.6 Å². The molecule has 0 radical (unpaired) electrons. The van der Waals surface area contributed by atoms with E-state index in [0.29, 0.717) is 5.02 Å². The Labute approximate surface area is 186 Å². The second kappa shape index (κ2) is 9.32. The third-order valence-corrected chi connectivity index (χ3v) is 4.76. The Bertz CT molecular complexity index is 1160. The minimum Gasteiger partial charge on any atom is -0.507 e. The van der Waals surface area contributed by atoms with Crippen molar-refractivity contribution in [2.45, 2.75) is 12.8 Å². The van der Waals surface area contributed by atoms with Crippen molar-refractivity contribution in [2.24, 2.45) is 5.73 Å².